The average molecular weight is 638 g/mol. The van der Waals surface area contributed by atoms with Gasteiger partial charge in [0.1, 0.15) is 29.3 Å². The number of aliphatic hydroxyl groups is 1. The Labute approximate surface area is 272 Å². The van der Waals surface area contributed by atoms with Gasteiger partial charge in [-0.15, -0.1) is 0 Å². The lowest BCUT2D eigenvalue weighted by molar-refractivity contribution is -0.167. The molecule has 3 fully saturated rings. The predicted molar refractivity (Wildman–Crippen MR) is 170 cm³/mol. The van der Waals surface area contributed by atoms with Gasteiger partial charge in [-0.1, -0.05) is 24.3 Å². The lowest BCUT2D eigenvalue weighted by Crippen LogP contribution is -2.51. The lowest BCUT2D eigenvalue weighted by atomic mass is 9.63. The number of rotatable bonds is 8. The van der Waals surface area contributed by atoms with E-state index in [1.165, 1.54) is 12.2 Å². The fourth-order valence-electron chi connectivity index (χ4n) is 8.73. The Morgan fingerprint density at radius 1 is 0.851 bits per heavy atom. The van der Waals surface area contributed by atoms with Crippen LogP contribution >= 0.6 is 0 Å². The van der Waals surface area contributed by atoms with E-state index in [-0.39, 0.29) is 12.7 Å². The molecule has 4 bridgehead atoms. The smallest absolute Gasteiger partial charge is 0.331 e. The van der Waals surface area contributed by atoms with Crippen LogP contribution in [0, 0.1) is 5.92 Å². The summed E-state index contributed by atoms with van der Waals surface area (Å²) in [4.78, 5) is 29.4. The summed E-state index contributed by atoms with van der Waals surface area (Å²) in [7, 11) is 3.19. The molecule has 3 aromatic carbocycles. The van der Waals surface area contributed by atoms with Crippen LogP contribution in [0.1, 0.15) is 41.0 Å². The molecule has 242 valence electrons. The molecule has 1 N–H and O–H groups in total. The molecule has 6 atom stereocenters. The Morgan fingerprint density at radius 3 is 2.02 bits per heavy atom. The molecule has 1 saturated carbocycles. The number of benzene rings is 3. The van der Waals surface area contributed by atoms with Crippen LogP contribution in [-0.2, 0) is 24.7 Å². The highest BCUT2D eigenvalue weighted by Gasteiger charge is 2.79. The van der Waals surface area contributed by atoms with Crippen molar-refractivity contribution in [3.05, 3.63) is 95.1 Å². The lowest BCUT2D eigenvalue weighted by Gasteiger charge is -2.44. The molecular weight excluding hydrogens is 602 g/mol. The van der Waals surface area contributed by atoms with Gasteiger partial charge < -0.3 is 33.5 Å². The van der Waals surface area contributed by atoms with Gasteiger partial charge in [-0.05, 0) is 90.2 Å². The summed E-state index contributed by atoms with van der Waals surface area (Å²) in [5.41, 5.74) is 1.20. The third-order valence-electron chi connectivity index (χ3n) is 10.5. The van der Waals surface area contributed by atoms with E-state index in [0.717, 1.165) is 36.1 Å². The third-order valence-corrected chi connectivity index (χ3v) is 10.5. The molecule has 0 aromatic heterocycles. The first-order valence-corrected chi connectivity index (χ1v) is 15.8. The van der Waals surface area contributed by atoms with Crippen LogP contribution in [0.5, 0.6) is 23.0 Å². The summed E-state index contributed by atoms with van der Waals surface area (Å²) in [5, 5.41) is 12.7. The van der Waals surface area contributed by atoms with Gasteiger partial charge in [0.05, 0.1) is 20.1 Å². The fourth-order valence-corrected chi connectivity index (χ4v) is 8.73. The Hall–Kier alpha value is -4.80. The molecule has 5 aliphatic rings. The number of carbonyl (C=O) groups excluding carboxylic acids is 2. The highest BCUT2D eigenvalue weighted by molar-refractivity contribution is 5.88. The van der Waals surface area contributed by atoms with E-state index in [1.54, 1.807) is 26.4 Å². The van der Waals surface area contributed by atoms with Crippen molar-refractivity contribution < 1.29 is 43.1 Å². The first-order valence-electron chi connectivity index (χ1n) is 15.8. The van der Waals surface area contributed by atoms with Gasteiger partial charge in [0, 0.05) is 30.2 Å². The minimum absolute atomic E-state index is 0.0946. The summed E-state index contributed by atoms with van der Waals surface area (Å²) < 4.78 is 34.5. The molecule has 1 spiro atoms. The van der Waals surface area contributed by atoms with Gasteiger partial charge in [-0.2, -0.15) is 0 Å². The maximum atomic E-state index is 13.5. The molecule has 2 saturated heterocycles. The second-order valence-corrected chi connectivity index (χ2v) is 12.7. The fraction of sp³-hybridized carbons (Fsp3) is 0.351. The monoisotopic (exact) mass is 637 g/mol. The van der Waals surface area contributed by atoms with Crippen molar-refractivity contribution in [3.8, 4) is 23.0 Å². The van der Waals surface area contributed by atoms with E-state index in [4.69, 9.17) is 28.4 Å². The van der Waals surface area contributed by atoms with Gasteiger partial charge in [0.15, 0.2) is 11.5 Å². The molecule has 8 rings (SSSR count). The normalized spacial score (nSPS) is 29.6. The van der Waals surface area contributed by atoms with Gasteiger partial charge in [0.25, 0.3) is 0 Å². The quantitative estimate of drug-likeness (QED) is 0.281. The zero-order chi connectivity index (χ0) is 32.3. The van der Waals surface area contributed by atoms with Crippen LogP contribution in [0.2, 0.25) is 0 Å². The minimum Gasteiger partial charge on any atom is -0.497 e. The molecule has 2 aliphatic carbocycles. The molecule has 47 heavy (non-hydrogen) atoms. The third kappa shape index (κ3) is 4.61. The van der Waals surface area contributed by atoms with Crippen LogP contribution in [0.3, 0.4) is 0 Å². The van der Waals surface area contributed by atoms with E-state index < -0.39 is 41.2 Å². The number of carbonyl (C=O) groups is 2. The Kier molecular flexibility index (Phi) is 7.03. The Morgan fingerprint density at radius 2 is 1.43 bits per heavy atom. The van der Waals surface area contributed by atoms with Crippen molar-refractivity contribution in [1.29, 1.82) is 0 Å². The summed E-state index contributed by atoms with van der Waals surface area (Å²) in [6.45, 7) is 1.26. The van der Waals surface area contributed by atoms with E-state index in [0.29, 0.717) is 35.1 Å². The van der Waals surface area contributed by atoms with Crippen molar-refractivity contribution >= 4 is 24.1 Å². The Balaban J connectivity index is 1.16. The molecular formula is C37H35NO9. The first-order chi connectivity index (χ1) is 22.8. The SMILES string of the molecule is COc1ccc(/C=C/C(=O)O[C@@H]2[C@H](OC(=O)/C=C/c3ccc(OC)cc3)[C@H]3[C@]45CCCN4C[C@@]3(O)c3cc4c(cc3[C@@H]25)OCO4)cc1. The number of nitrogens with zero attached hydrogens (tertiary/aromatic N) is 1. The predicted octanol–water partition coefficient (Wildman–Crippen LogP) is 4.45. The van der Waals surface area contributed by atoms with Crippen molar-refractivity contribution in [2.75, 3.05) is 34.1 Å². The van der Waals surface area contributed by atoms with Crippen LogP contribution < -0.4 is 18.9 Å². The van der Waals surface area contributed by atoms with E-state index in [1.807, 2.05) is 60.7 Å². The number of hydrogen-bond donors (Lipinski definition) is 1. The zero-order valence-corrected chi connectivity index (χ0v) is 26.1. The summed E-state index contributed by atoms with van der Waals surface area (Å²) >= 11 is 0. The molecule has 3 heterocycles. The second-order valence-electron chi connectivity index (χ2n) is 12.7. The average Bonchev–Trinajstić information content (AvgIpc) is 3.80. The molecule has 3 aromatic rings. The highest BCUT2D eigenvalue weighted by Crippen LogP contribution is 2.70. The van der Waals surface area contributed by atoms with Gasteiger partial charge in [-0.25, -0.2) is 9.59 Å². The number of fused-ring (bicyclic) bond motifs is 4. The molecule has 10 nitrogen and oxygen atoms in total. The summed E-state index contributed by atoms with van der Waals surface area (Å²) in [6.07, 6.45) is 6.00. The topological polar surface area (TPSA) is 113 Å². The van der Waals surface area contributed by atoms with Crippen LogP contribution in [0.4, 0.5) is 0 Å². The van der Waals surface area contributed by atoms with Gasteiger partial charge in [-0.3, -0.25) is 4.90 Å². The Bertz CT molecular complexity index is 1780. The van der Waals surface area contributed by atoms with Crippen molar-refractivity contribution in [1.82, 2.24) is 4.90 Å². The standard InChI is InChI=1S/C37H35NO9/c1-42-24-10-4-22(5-11-24)8-14-30(39)46-33-32-26-18-28-29(45-21-44-28)19-27(26)37(41)20-38-17-3-16-36(32,38)35(37)34(33)47-31(40)15-9-23-6-12-25(43-2)13-7-23/h4-15,18-19,32-35,41H,3,16-17,20-21H2,1-2H3/b14-8+,15-9+/t32-,33-,34-,35-,36+,37+/m0/s1. The number of β-amino-alcohol motifs (C(OH)–C–C–N with tert-alkyl or cyclic N) is 1. The molecule has 0 amide bonds. The van der Waals surface area contributed by atoms with Crippen LogP contribution in [0.25, 0.3) is 12.2 Å². The number of esters is 2. The van der Waals surface area contributed by atoms with E-state index in [2.05, 4.69) is 4.90 Å². The van der Waals surface area contributed by atoms with E-state index in [9.17, 15) is 14.7 Å². The largest absolute Gasteiger partial charge is 0.497 e. The number of ether oxygens (including phenoxy) is 6. The van der Waals surface area contributed by atoms with Crippen molar-refractivity contribution in [2.24, 2.45) is 5.92 Å². The zero-order valence-electron chi connectivity index (χ0n) is 26.1. The maximum Gasteiger partial charge on any atom is 0.331 e. The molecule has 0 radical (unpaired) electrons. The van der Waals surface area contributed by atoms with Crippen molar-refractivity contribution in [2.45, 2.75) is 42.1 Å². The second kappa shape index (κ2) is 11.2. The highest BCUT2D eigenvalue weighted by atomic mass is 16.7. The van der Waals surface area contributed by atoms with Crippen molar-refractivity contribution in [3.63, 3.8) is 0 Å². The number of methoxy groups -OCH3 is 2. The first kappa shape index (κ1) is 29.6. The minimum atomic E-state index is -1.36. The van der Waals surface area contributed by atoms with Gasteiger partial charge >= 0.3 is 11.9 Å². The number of hydrogen-bond acceptors (Lipinski definition) is 10. The van der Waals surface area contributed by atoms with Gasteiger partial charge in [0.2, 0.25) is 6.79 Å². The van der Waals surface area contributed by atoms with Crippen LogP contribution in [-0.4, -0.2) is 73.8 Å². The van der Waals surface area contributed by atoms with Crippen LogP contribution in [0.15, 0.2) is 72.8 Å². The summed E-state index contributed by atoms with van der Waals surface area (Å²) in [5.74, 6) is 0.501. The summed E-state index contributed by atoms with van der Waals surface area (Å²) in [6, 6.07) is 18.4. The maximum absolute atomic E-state index is 13.5. The van der Waals surface area contributed by atoms with E-state index >= 15 is 0 Å². The molecule has 10 heteroatoms. The molecule has 3 aliphatic heterocycles. The molecule has 0 unspecified atom stereocenters.